The Morgan fingerprint density at radius 2 is 1.76 bits per heavy atom. The Balaban J connectivity index is 1.82. The van der Waals surface area contributed by atoms with Crippen LogP contribution in [-0.2, 0) is 9.59 Å². The second-order valence-electron chi connectivity index (χ2n) is 5.56. The quantitative estimate of drug-likeness (QED) is 0.792. The van der Waals surface area contributed by atoms with Crippen molar-refractivity contribution in [3.63, 3.8) is 0 Å². The molecule has 0 aliphatic rings. The Kier molecular flexibility index (Phi) is 6.89. The van der Waals surface area contributed by atoms with Gasteiger partial charge >= 0.3 is 0 Å². The summed E-state index contributed by atoms with van der Waals surface area (Å²) in [4.78, 5) is 24.3. The van der Waals surface area contributed by atoms with Crippen LogP contribution in [0.3, 0.4) is 0 Å². The number of hydrogen-bond donors (Lipinski definition) is 2. The van der Waals surface area contributed by atoms with Crippen LogP contribution < -0.4 is 15.4 Å². The molecular formula is C19H22N2O3S. The zero-order chi connectivity index (χ0) is 18.2. The molecule has 2 rings (SSSR count). The predicted molar refractivity (Wildman–Crippen MR) is 103 cm³/mol. The Morgan fingerprint density at radius 1 is 1.08 bits per heavy atom. The first-order valence-electron chi connectivity index (χ1n) is 7.91. The van der Waals surface area contributed by atoms with Crippen LogP contribution in [0.25, 0.3) is 0 Å². The third-order valence-electron chi connectivity index (χ3n) is 3.53. The largest absolute Gasteiger partial charge is 0.495 e. The standard InChI is InChI=1S/C19H22N2O3S/c1-13-8-10-15(11-9-13)20-19(23)14(2)25-12-18(22)21-16-6-4-5-7-17(16)24-3/h4-11,14H,12H2,1-3H3,(H,20,23)(H,21,22)/t14-/m0/s1. The van der Waals surface area contributed by atoms with Crippen molar-refractivity contribution in [2.75, 3.05) is 23.5 Å². The monoisotopic (exact) mass is 358 g/mol. The highest BCUT2D eigenvalue weighted by Crippen LogP contribution is 2.23. The molecule has 0 saturated carbocycles. The number of anilines is 2. The lowest BCUT2D eigenvalue weighted by atomic mass is 10.2. The van der Waals surface area contributed by atoms with E-state index in [1.807, 2.05) is 43.3 Å². The van der Waals surface area contributed by atoms with Gasteiger partial charge in [0.2, 0.25) is 11.8 Å². The molecule has 0 aromatic heterocycles. The number of carbonyl (C=O) groups excluding carboxylic acids is 2. The van der Waals surface area contributed by atoms with Crippen LogP contribution in [0.15, 0.2) is 48.5 Å². The number of thioether (sulfide) groups is 1. The van der Waals surface area contributed by atoms with E-state index in [1.54, 1.807) is 26.2 Å². The van der Waals surface area contributed by atoms with Gasteiger partial charge in [-0.25, -0.2) is 0 Å². The summed E-state index contributed by atoms with van der Waals surface area (Å²) in [6.07, 6.45) is 0. The van der Waals surface area contributed by atoms with Gasteiger partial charge in [0.1, 0.15) is 5.75 Å². The van der Waals surface area contributed by atoms with Crippen LogP contribution in [0, 0.1) is 6.92 Å². The molecule has 1 atom stereocenters. The molecule has 2 amide bonds. The Bertz CT molecular complexity index is 732. The Morgan fingerprint density at radius 3 is 2.44 bits per heavy atom. The van der Waals surface area contributed by atoms with E-state index in [0.717, 1.165) is 11.3 Å². The summed E-state index contributed by atoms with van der Waals surface area (Å²) in [6.45, 7) is 3.77. The van der Waals surface area contributed by atoms with Gasteiger partial charge in [0.05, 0.1) is 23.8 Å². The molecule has 0 heterocycles. The van der Waals surface area contributed by atoms with Crippen molar-refractivity contribution in [2.45, 2.75) is 19.1 Å². The van der Waals surface area contributed by atoms with Gasteiger partial charge in [0.15, 0.2) is 0 Å². The third kappa shape index (κ3) is 5.83. The van der Waals surface area contributed by atoms with E-state index in [1.165, 1.54) is 11.8 Å². The number of amides is 2. The molecule has 0 fully saturated rings. The smallest absolute Gasteiger partial charge is 0.237 e. The van der Waals surface area contributed by atoms with Gasteiger partial charge in [0.25, 0.3) is 0 Å². The lowest BCUT2D eigenvalue weighted by molar-refractivity contribution is -0.115. The summed E-state index contributed by atoms with van der Waals surface area (Å²) >= 11 is 1.28. The second kappa shape index (κ2) is 9.13. The number of benzene rings is 2. The van der Waals surface area contributed by atoms with Crippen molar-refractivity contribution in [3.8, 4) is 5.75 Å². The molecule has 5 nitrogen and oxygen atoms in total. The van der Waals surface area contributed by atoms with E-state index in [-0.39, 0.29) is 22.8 Å². The van der Waals surface area contributed by atoms with E-state index in [0.29, 0.717) is 11.4 Å². The molecule has 0 aliphatic heterocycles. The van der Waals surface area contributed by atoms with E-state index in [9.17, 15) is 9.59 Å². The van der Waals surface area contributed by atoms with E-state index in [4.69, 9.17) is 4.74 Å². The summed E-state index contributed by atoms with van der Waals surface area (Å²) in [7, 11) is 1.55. The highest BCUT2D eigenvalue weighted by molar-refractivity contribution is 8.01. The van der Waals surface area contributed by atoms with E-state index < -0.39 is 0 Å². The summed E-state index contributed by atoms with van der Waals surface area (Å²) in [6, 6.07) is 14.8. The van der Waals surface area contributed by atoms with Crippen molar-refractivity contribution in [3.05, 3.63) is 54.1 Å². The molecule has 2 aromatic carbocycles. The molecule has 0 unspecified atom stereocenters. The van der Waals surface area contributed by atoms with Crippen LogP contribution >= 0.6 is 11.8 Å². The number of methoxy groups -OCH3 is 1. The highest BCUT2D eigenvalue weighted by Gasteiger charge is 2.16. The summed E-state index contributed by atoms with van der Waals surface area (Å²) in [5, 5.41) is 5.30. The summed E-state index contributed by atoms with van der Waals surface area (Å²) < 4.78 is 5.20. The normalized spacial score (nSPS) is 11.5. The minimum Gasteiger partial charge on any atom is -0.495 e. The van der Waals surface area contributed by atoms with Gasteiger partial charge in [0, 0.05) is 5.69 Å². The molecule has 2 aromatic rings. The second-order valence-corrected chi connectivity index (χ2v) is 6.89. The van der Waals surface area contributed by atoms with Crippen molar-refractivity contribution in [1.82, 2.24) is 0 Å². The number of hydrogen-bond acceptors (Lipinski definition) is 4. The molecule has 0 spiro atoms. The van der Waals surface area contributed by atoms with Crippen LogP contribution in [0.4, 0.5) is 11.4 Å². The minimum atomic E-state index is -0.343. The molecular weight excluding hydrogens is 336 g/mol. The van der Waals surface area contributed by atoms with Crippen molar-refractivity contribution >= 4 is 35.0 Å². The molecule has 25 heavy (non-hydrogen) atoms. The number of rotatable bonds is 7. The molecule has 2 N–H and O–H groups in total. The molecule has 0 radical (unpaired) electrons. The maximum atomic E-state index is 12.2. The van der Waals surface area contributed by atoms with Gasteiger partial charge in [-0.1, -0.05) is 29.8 Å². The van der Waals surface area contributed by atoms with Gasteiger partial charge in [-0.05, 0) is 38.1 Å². The number of para-hydroxylation sites is 2. The van der Waals surface area contributed by atoms with Gasteiger partial charge in [-0.2, -0.15) is 0 Å². The molecule has 0 bridgehead atoms. The lowest BCUT2D eigenvalue weighted by Crippen LogP contribution is -2.25. The van der Waals surface area contributed by atoms with E-state index in [2.05, 4.69) is 10.6 Å². The summed E-state index contributed by atoms with van der Waals surface area (Å²) in [5.41, 5.74) is 2.50. The maximum Gasteiger partial charge on any atom is 0.237 e. The molecule has 0 saturated heterocycles. The fraction of sp³-hybridized carbons (Fsp3) is 0.263. The number of ether oxygens (including phenoxy) is 1. The van der Waals surface area contributed by atoms with Gasteiger partial charge < -0.3 is 15.4 Å². The van der Waals surface area contributed by atoms with Crippen molar-refractivity contribution in [1.29, 1.82) is 0 Å². The Hall–Kier alpha value is -2.47. The molecule has 132 valence electrons. The number of nitrogens with one attached hydrogen (secondary N) is 2. The highest BCUT2D eigenvalue weighted by atomic mass is 32.2. The number of aryl methyl sites for hydroxylation is 1. The first kappa shape index (κ1) is 18.9. The minimum absolute atomic E-state index is 0.126. The fourth-order valence-electron chi connectivity index (χ4n) is 2.09. The summed E-state index contributed by atoms with van der Waals surface area (Å²) in [5.74, 6) is 0.481. The topological polar surface area (TPSA) is 67.4 Å². The van der Waals surface area contributed by atoms with Crippen molar-refractivity contribution < 1.29 is 14.3 Å². The zero-order valence-electron chi connectivity index (χ0n) is 14.5. The number of carbonyl (C=O) groups is 2. The Labute approximate surface area is 152 Å². The van der Waals surface area contributed by atoms with Crippen LogP contribution in [0.1, 0.15) is 12.5 Å². The van der Waals surface area contributed by atoms with Crippen molar-refractivity contribution in [2.24, 2.45) is 0 Å². The molecule has 0 aliphatic carbocycles. The predicted octanol–water partition coefficient (Wildman–Crippen LogP) is 3.70. The third-order valence-corrected chi connectivity index (χ3v) is 4.68. The van der Waals surface area contributed by atoms with E-state index >= 15 is 0 Å². The average Bonchev–Trinajstić information content (AvgIpc) is 2.62. The first-order valence-corrected chi connectivity index (χ1v) is 8.96. The van der Waals surface area contributed by atoms with Gasteiger partial charge in [-0.3, -0.25) is 9.59 Å². The fourth-order valence-corrected chi connectivity index (χ4v) is 2.78. The van der Waals surface area contributed by atoms with Crippen LogP contribution in [-0.4, -0.2) is 29.9 Å². The average molecular weight is 358 g/mol. The zero-order valence-corrected chi connectivity index (χ0v) is 15.4. The molecule has 6 heteroatoms. The van der Waals surface area contributed by atoms with Gasteiger partial charge in [-0.15, -0.1) is 11.8 Å². The van der Waals surface area contributed by atoms with Crippen LogP contribution in [0.2, 0.25) is 0 Å². The maximum absolute atomic E-state index is 12.2. The van der Waals surface area contributed by atoms with Crippen LogP contribution in [0.5, 0.6) is 5.75 Å². The first-order chi connectivity index (χ1) is 12.0. The lowest BCUT2D eigenvalue weighted by Gasteiger charge is -2.13. The SMILES string of the molecule is COc1ccccc1NC(=O)CS[C@@H](C)C(=O)Nc1ccc(C)cc1.